The molecule has 0 amide bonds. The SMILES string of the molecule is C=CC=C(C=C)CC(C)C(=O)O. The van der Waals surface area contributed by atoms with Crippen LogP contribution in [0.15, 0.2) is 37.0 Å². The average molecular weight is 166 g/mol. The summed E-state index contributed by atoms with van der Waals surface area (Å²) < 4.78 is 0. The van der Waals surface area contributed by atoms with E-state index in [1.807, 2.05) is 0 Å². The highest BCUT2D eigenvalue weighted by molar-refractivity contribution is 5.70. The molecule has 0 aromatic heterocycles. The van der Waals surface area contributed by atoms with Crippen molar-refractivity contribution in [2.75, 3.05) is 0 Å². The van der Waals surface area contributed by atoms with Gasteiger partial charge in [0.2, 0.25) is 0 Å². The van der Waals surface area contributed by atoms with Crippen molar-refractivity contribution in [3.05, 3.63) is 37.0 Å². The maximum atomic E-state index is 10.5. The molecule has 0 saturated carbocycles. The van der Waals surface area contributed by atoms with E-state index >= 15 is 0 Å². The number of carbonyl (C=O) groups is 1. The van der Waals surface area contributed by atoms with Crippen molar-refractivity contribution >= 4 is 5.97 Å². The molecule has 1 atom stereocenters. The van der Waals surface area contributed by atoms with Crippen LogP contribution in [-0.2, 0) is 4.79 Å². The zero-order valence-electron chi connectivity index (χ0n) is 7.29. The van der Waals surface area contributed by atoms with Crippen molar-refractivity contribution in [3.63, 3.8) is 0 Å². The average Bonchev–Trinajstić information content (AvgIpc) is 2.03. The summed E-state index contributed by atoms with van der Waals surface area (Å²) in [7, 11) is 0. The van der Waals surface area contributed by atoms with E-state index in [0.717, 1.165) is 5.57 Å². The Balaban J connectivity index is 4.20. The van der Waals surface area contributed by atoms with Crippen molar-refractivity contribution in [2.24, 2.45) is 5.92 Å². The third-order valence-corrected chi connectivity index (χ3v) is 1.56. The van der Waals surface area contributed by atoms with E-state index in [1.165, 1.54) is 0 Å². The third kappa shape index (κ3) is 3.76. The molecule has 0 bridgehead atoms. The van der Waals surface area contributed by atoms with Crippen molar-refractivity contribution < 1.29 is 9.90 Å². The molecule has 0 aromatic rings. The molecule has 0 saturated heterocycles. The minimum absolute atomic E-state index is 0.366. The second-order valence-electron chi connectivity index (χ2n) is 2.62. The molecule has 0 aliphatic heterocycles. The summed E-state index contributed by atoms with van der Waals surface area (Å²) in [6, 6.07) is 0. The van der Waals surface area contributed by atoms with Crippen LogP contribution in [0, 0.1) is 5.92 Å². The first-order valence-corrected chi connectivity index (χ1v) is 3.78. The molecule has 12 heavy (non-hydrogen) atoms. The van der Waals surface area contributed by atoms with Crippen LogP contribution in [0.2, 0.25) is 0 Å². The molecule has 66 valence electrons. The Hall–Kier alpha value is -1.31. The molecule has 1 unspecified atom stereocenters. The Labute approximate surface area is 72.9 Å². The van der Waals surface area contributed by atoms with E-state index in [-0.39, 0.29) is 5.92 Å². The molecular formula is C10H14O2. The molecule has 0 aliphatic rings. The lowest BCUT2D eigenvalue weighted by atomic mass is 10.0. The van der Waals surface area contributed by atoms with E-state index in [0.29, 0.717) is 6.42 Å². The fourth-order valence-electron chi connectivity index (χ4n) is 0.812. The first kappa shape index (κ1) is 10.7. The summed E-state index contributed by atoms with van der Waals surface area (Å²) in [5.41, 5.74) is 0.903. The normalized spacial score (nSPS) is 13.6. The van der Waals surface area contributed by atoms with Gasteiger partial charge in [-0.3, -0.25) is 4.79 Å². The highest BCUT2D eigenvalue weighted by Gasteiger charge is 2.10. The van der Waals surface area contributed by atoms with Crippen LogP contribution in [0.1, 0.15) is 13.3 Å². The summed E-state index contributed by atoms with van der Waals surface area (Å²) in [6.07, 6.45) is 5.56. The van der Waals surface area contributed by atoms with Crippen LogP contribution < -0.4 is 0 Å². The molecular weight excluding hydrogens is 152 g/mol. The Morgan fingerprint density at radius 3 is 2.50 bits per heavy atom. The van der Waals surface area contributed by atoms with Crippen molar-refractivity contribution in [1.29, 1.82) is 0 Å². The van der Waals surface area contributed by atoms with Crippen LogP contribution in [0.4, 0.5) is 0 Å². The maximum Gasteiger partial charge on any atom is 0.306 e. The lowest BCUT2D eigenvalue weighted by Gasteiger charge is -2.05. The van der Waals surface area contributed by atoms with Gasteiger partial charge >= 0.3 is 5.97 Å². The zero-order valence-corrected chi connectivity index (χ0v) is 7.29. The highest BCUT2D eigenvalue weighted by atomic mass is 16.4. The first-order chi connectivity index (χ1) is 5.61. The molecule has 2 heteroatoms. The quantitative estimate of drug-likeness (QED) is 0.637. The summed E-state index contributed by atoms with van der Waals surface area (Å²) in [5, 5.41) is 8.61. The number of allylic oxidation sites excluding steroid dienone is 4. The van der Waals surface area contributed by atoms with Crippen LogP contribution >= 0.6 is 0 Å². The second-order valence-corrected chi connectivity index (χ2v) is 2.62. The van der Waals surface area contributed by atoms with Gasteiger partial charge in [-0.15, -0.1) is 0 Å². The maximum absolute atomic E-state index is 10.5. The van der Waals surface area contributed by atoms with Crippen molar-refractivity contribution in [3.8, 4) is 0 Å². The number of carboxylic acids is 1. The van der Waals surface area contributed by atoms with Crippen LogP contribution in [0.3, 0.4) is 0 Å². The number of hydrogen-bond acceptors (Lipinski definition) is 1. The van der Waals surface area contributed by atoms with E-state index in [1.54, 1.807) is 25.2 Å². The molecule has 0 spiro atoms. The third-order valence-electron chi connectivity index (χ3n) is 1.56. The number of carboxylic acid groups (broad SMARTS) is 1. The Bertz CT molecular complexity index is 214. The predicted octanol–water partition coefficient (Wildman–Crippen LogP) is 2.40. The molecule has 0 fully saturated rings. The van der Waals surface area contributed by atoms with Gasteiger partial charge in [-0.1, -0.05) is 38.3 Å². The summed E-state index contributed by atoms with van der Waals surface area (Å²) >= 11 is 0. The van der Waals surface area contributed by atoms with E-state index < -0.39 is 5.97 Å². The standard InChI is InChI=1S/C10H14O2/c1-4-6-9(5-2)7-8(3)10(11)12/h4-6,8H,1-2,7H2,3H3,(H,11,12). The van der Waals surface area contributed by atoms with Gasteiger partial charge in [0.1, 0.15) is 0 Å². The highest BCUT2D eigenvalue weighted by Crippen LogP contribution is 2.12. The van der Waals surface area contributed by atoms with Gasteiger partial charge in [0, 0.05) is 0 Å². The van der Waals surface area contributed by atoms with Gasteiger partial charge in [0.15, 0.2) is 0 Å². The Morgan fingerprint density at radius 1 is 1.58 bits per heavy atom. The zero-order chi connectivity index (χ0) is 9.56. The molecule has 0 aliphatic carbocycles. The van der Waals surface area contributed by atoms with Gasteiger partial charge < -0.3 is 5.11 Å². The minimum Gasteiger partial charge on any atom is -0.481 e. The smallest absolute Gasteiger partial charge is 0.306 e. The van der Waals surface area contributed by atoms with Gasteiger partial charge in [0.25, 0.3) is 0 Å². The Morgan fingerprint density at radius 2 is 2.17 bits per heavy atom. The Kier molecular flexibility index (Phi) is 4.77. The first-order valence-electron chi connectivity index (χ1n) is 3.78. The van der Waals surface area contributed by atoms with E-state index in [2.05, 4.69) is 13.2 Å². The predicted molar refractivity (Wildman–Crippen MR) is 49.9 cm³/mol. The molecule has 0 aromatic carbocycles. The van der Waals surface area contributed by atoms with E-state index in [4.69, 9.17) is 5.11 Å². The lowest BCUT2D eigenvalue weighted by Crippen LogP contribution is -2.09. The summed E-state index contributed by atoms with van der Waals surface area (Å²) in [6.45, 7) is 8.78. The largest absolute Gasteiger partial charge is 0.481 e. The second kappa shape index (κ2) is 5.35. The monoisotopic (exact) mass is 166 g/mol. The topological polar surface area (TPSA) is 37.3 Å². The number of aliphatic carboxylic acids is 1. The van der Waals surface area contributed by atoms with Gasteiger partial charge in [-0.25, -0.2) is 0 Å². The number of hydrogen-bond donors (Lipinski definition) is 1. The van der Waals surface area contributed by atoms with Crippen molar-refractivity contribution in [2.45, 2.75) is 13.3 Å². The van der Waals surface area contributed by atoms with Crippen LogP contribution in [0.25, 0.3) is 0 Å². The molecule has 0 heterocycles. The van der Waals surface area contributed by atoms with Gasteiger partial charge in [0.05, 0.1) is 5.92 Å². The molecule has 0 rings (SSSR count). The van der Waals surface area contributed by atoms with Crippen LogP contribution in [-0.4, -0.2) is 11.1 Å². The summed E-state index contributed by atoms with van der Waals surface area (Å²) in [5.74, 6) is -1.15. The molecule has 2 nitrogen and oxygen atoms in total. The fraction of sp³-hybridized carbons (Fsp3) is 0.300. The van der Waals surface area contributed by atoms with Gasteiger partial charge in [-0.2, -0.15) is 0 Å². The van der Waals surface area contributed by atoms with Crippen LogP contribution in [0.5, 0.6) is 0 Å². The minimum atomic E-state index is -0.785. The lowest BCUT2D eigenvalue weighted by molar-refractivity contribution is -0.141. The van der Waals surface area contributed by atoms with E-state index in [9.17, 15) is 4.79 Å². The summed E-state index contributed by atoms with van der Waals surface area (Å²) in [4.78, 5) is 10.5. The fourth-order valence-corrected chi connectivity index (χ4v) is 0.812. The molecule has 1 N–H and O–H groups in total. The molecule has 0 radical (unpaired) electrons. The van der Waals surface area contributed by atoms with Crippen molar-refractivity contribution in [1.82, 2.24) is 0 Å². The van der Waals surface area contributed by atoms with Gasteiger partial charge in [-0.05, 0) is 12.0 Å². The number of rotatable bonds is 5.